The summed E-state index contributed by atoms with van der Waals surface area (Å²) in [5.41, 5.74) is 0.943. The first-order valence-electron chi connectivity index (χ1n) is 6.70. The lowest BCUT2D eigenvalue weighted by Gasteiger charge is -2.12. The number of amides is 2. The molecule has 0 unspecified atom stereocenters. The van der Waals surface area contributed by atoms with E-state index in [-0.39, 0.29) is 40.4 Å². The molecule has 5 nitrogen and oxygen atoms in total. The van der Waals surface area contributed by atoms with Crippen molar-refractivity contribution in [1.82, 2.24) is 0 Å². The van der Waals surface area contributed by atoms with E-state index in [9.17, 15) is 14.7 Å². The normalized spacial score (nSPS) is 10.1. The number of anilines is 2. The lowest BCUT2D eigenvalue weighted by atomic mass is 10.2. The fraction of sp³-hybridized carbons (Fsp3) is 0.125. The number of hydrogen-bond donors (Lipinski definition) is 3. The van der Waals surface area contributed by atoms with E-state index in [0.717, 1.165) is 0 Å². The number of nitrogens with one attached hydrogen (secondary N) is 2. The summed E-state index contributed by atoms with van der Waals surface area (Å²) in [5, 5.41) is 15.3. The Labute approximate surface area is 132 Å². The molecule has 2 aromatic rings. The third-order valence-electron chi connectivity index (χ3n) is 2.96. The average Bonchev–Trinajstić information content (AvgIpc) is 2.52. The molecular formula is C16H15ClN2O3. The van der Waals surface area contributed by atoms with E-state index >= 15 is 0 Å². The topological polar surface area (TPSA) is 78.4 Å². The second kappa shape index (κ2) is 6.95. The first-order chi connectivity index (χ1) is 10.5. The van der Waals surface area contributed by atoms with E-state index in [1.54, 1.807) is 37.3 Å². The molecule has 0 spiro atoms. The fourth-order valence-electron chi connectivity index (χ4n) is 1.78. The van der Waals surface area contributed by atoms with Gasteiger partial charge in [-0.3, -0.25) is 9.59 Å². The summed E-state index contributed by atoms with van der Waals surface area (Å²) < 4.78 is 0. The van der Waals surface area contributed by atoms with Gasteiger partial charge in [-0.25, -0.2) is 0 Å². The lowest BCUT2D eigenvalue weighted by Crippen LogP contribution is -2.13. The monoisotopic (exact) mass is 318 g/mol. The zero-order valence-electron chi connectivity index (χ0n) is 11.9. The lowest BCUT2D eigenvalue weighted by molar-refractivity contribution is -0.115. The molecule has 0 fully saturated rings. The van der Waals surface area contributed by atoms with Gasteiger partial charge in [0, 0.05) is 18.1 Å². The molecule has 0 atom stereocenters. The Morgan fingerprint density at radius 2 is 1.77 bits per heavy atom. The van der Waals surface area contributed by atoms with Crippen LogP contribution in [-0.2, 0) is 4.79 Å². The van der Waals surface area contributed by atoms with Crippen molar-refractivity contribution in [2.45, 2.75) is 13.3 Å². The Kier molecular flexibility index (Phi) is 5.01. The Hall–Kier alpha value is -2.53. The van der Waals surface area contributed by atoms with Gasteiger partial charge < -0.3 is 15.7 Å². The molecule has 0 saturated carbocycles. The van der Waals surface area contributed by atoms with Crippen LogP contribution in [-0.4, -0.2) is 16.9 Å². The minimum Gasteiger partial charge on any atom is -0.506 e. The van der Waals surface area contributed by atoms with Gasteiger partial charge in [-0.2, -0.15) is 0 Å². The van der Waals surface area contributed by atoms with Crippen molar-refractivity contribution in [1.29, 1.82) is 0 Å². The molecule has 114 valence electrons. The van der Waals surface area contributed by atoms with E-state index < -0.39 is 0 Å². The van der Waals surface area contributed by atoms with Crippen LogP contribution in [0.1, 0.15) is 23.7 Å². The number of phenols is 1. The Morgan fingerprint density at radius 3 is 2.41 bits per heavy atom. The molecule has 6 heteroatoms. The van der Waals surface area contributed by atoms with E-state index in [4.69, 9.17) is 11.6 Å². The van der Waals surface area contributed by atoms with Crippen LogP contribution >= 0.6 is 11.6 Å². The first kappa shape index (κ1) is 15.9. The molecule has 0 aliphatic rings. The number of carbonyl (C=O) groups excluding carboxylic acids is 2. The number of carbonyl (C=O) groups is 2. The molecule has 0 aliphatic heterocycles. The number of halogens is 1. The van der Waals surface area contributed by atoms with Gasteiger partial charge in [-0.15, -0.1) is 0 Å². The van der Waals surface area contributed by atoms with Crippen LogP contribution in [0.25, 0.3) is 0 Å². The largest absolute Gasteiger partial charge is 0.506 e. The molecule has 0 bridgehead atoms. The van der Waals surface area contributed by atoms with Crippen LogP contribution in [0, 0.1) is 0 Å². The van der Waals surface area contributed by atoms with Crippen molar-refractivity contribution < 1.29 is 14.7 Å². The van der Waals surface area contributed by atoms with Gasteiger partial charge in [0.25, 0.3) is 5.91 Å². The zero-order valence-corrected chi connectivity index (χ0v) is 12.6. The molecule has 0 saturated heterocycles. The van der Waals surface area contributed by atoms with Crippen molar-refractivity contribution in [3.8, 4) is 5.75 Å². The second-order valence-electron chi connectivity index (χ2n) is 4.57. The third kappa shape index (κ3) is 3.77. The predicted octanol–water partition coefficient (Wildman–Crippen LogP) is 3.65. The number of rotatable bonds is 4. The highest BCUT2D eigenvalue weighted by Gasteiger charge is 2.13. The molecular weight excluding hydrogens is 304 g/mol. The Balaban J connectivity index is 2.20. The highest BCUT2D eigenvalue weighted by atomic mass is 35.5. The quantitative estimate of drug-likeness (QED) is 0.753. The zero-order chi connectivity index (χ0) is 16.1. The van der Waals surface area contributed by atoms with Crippen molar-refractivity contribution in [2.75, 3.05) is 10.6 Å². The van der Waals surface area contributed by atoms with Crippen LogP contribution in [0.2, 0.25) is 5.02 Å². The van der Waals surface area contributed by atoms with Crippen molar-refractivity contribution >= 4 is 34.8 Å². The number of aromatic hydroxyl groups is 1. The average molecular weight is 319 g/mol. The molecule has 2 aromatic carbocycles. The van der Waals surface area contributed by atoms with Crippen LogP contribution in [0.4, 0.5) is 11.4 Å². The SMILES string of the molecule is CCC(=O)Nc1cc(Cl)c(NC(=O)c2ccccc2)cc1O. The van der Waals surface area contributed by atoms with Crippen molar-refractivity contribution in [3.63, 3.8) is 0 Å². The maximum absolute atomic E-state index is 12.1. The van der Waals surface area contributed by atoms with Gasteiger partial charge in [0.2, 0.25) is 5.91 Å². The molecule has 0 aromatic heterocycles. The maximum Gasteiger partial charge on any atom is 0.255 e. The summed E-state index contributed by atoms with van der Waals surface area (Å²) in [6.45, 7) is 1.70. The van der Waals surface area contributed by atoms with E-state index in [0.29, 0.717) is 5.56 Å². The smallest absolute Gasteiger partial charge is 0.255 e. The molecule has 0 radical (unpaired) electrons. The molecule has 3 N–H and O–H groups in total. The summed E-state index contributed by atoms with van der Waals surface area (Å²) in [5.74, 6) is -0.755. The molecule has 2 amide bonds. The Bertz CT molecular complexity index is 702. The molecule has 22 heavy (non-hydrogen) atoms. The van der Waals surface area contributed by atoms with E-state index in [2.05, 4.69) is 10.6 Å². The van der Waals surface area contributed by atoms with Gasteiger partial charge in [0.1, 0.15) is 5.75 Å². The van der Waals surface area contributed by atoms with Crippen LogP contribution in [0.5, 0.6) is 5.75 Å². The number of hydrogen-bond acceptors (Lipinski definition) is 3. The summed E-state index contributed by atoms with van der Waals surface area (Å²) in [6, 6.07) is 11.3. The maximum atomic E-state index is 12.1. The second-order valence-corrected chi connectivity index (χ2v) is 4.98. The van der Waals surface area contributed by atoms with Gasteiger partial charge in [-0.1, -0.05) is 36.7 Å². The van der Waals surface area contributed by atoms with E-state index in [1.807, 2.05) is 0 Å². The van der Waals surface area contributed by atoms with Crippen molar-refractivity contribution in [3.05, 3.63) is 53.1 Å². The van der Waals surface area contributed by atoms with E-state index in [1.165, 1.54) is 12.1 Å². The first-order valence-corrected chi connectivity index (χ1v) is 7.07. The standard InChI is InChI=1S/C16H15ClN2O3/c1-2-15(21)18-13-8-11(17)12(9-14(13)20)19-16(22)10-6-4-3-5-7-10/h3-9,20H,2H2,1H3,(H,18,21)(H,19,22). The van der Waals surface area contributed by atoms with Crippen LogP contribution in [0.3, 0.4) is 0 Å². The summed E-state index contributed by atoms with van der Waals surface area (Å²) in [4.78, 5) is 23.4. The van der Waals surface area contributed by atoms with Crippen LogP contribution in [0.15, 0.2) is 42.5 Å². The number of benzene rings is 2. The van der Waals surface area contributed by atoms with Gasteiger partial charge in [0.15, 0.2) is 0 Å². The van der Waals surface area contributed by atoms with Gasteiger partial charge in [0.05, 0.1) is 16.4 Å². The van der Waals surface area contributed by atoms with Crippen molar-refractivity contribution in [2.24, 2.45) is 0 Å². The number of phenolic OH excluding ortho intramolecular Hbond substituents is 1. The molecule has 0 heterocycles. The third-order valence-corrected chi connectivity index (χ3v) is 3.28. The summed E-state index contributed by atoms with van der Waals surface area (Å²) in [6.07, 6.45) is 0.281. The predicted molar refractivity (Wildman–Crippen MR) is 86.4 cm³/mol. The van der Waals surface area contributed by atoms with Crippen LogP contribution < -0.4 is 10.6 Å². The van der Waals surface area contributed by atoms with Gasteiger partial charge >= 0.3 is 0 Å². The Morgan fingerprint density at radius 1 is 1.09 bits per heavy atom. The minimum absolute atomic E-state index is 0.172. The molecule has 0 aliphatic carbocycles. The fourth-order valence-corrected chi connectivity index (χ4v) is 1.99. The summed E-state index contributed by atoms with van der Waals surface area (Å²) in [7, 11) is 0. The summed E-state index contributed by atoms with van der Waals surface area (Å²) >= 11 is 6.08. The highest BCUT2D eigenvalue weighted by molar-refractivity contribution is 6.34. The van der Waals surface area contributed by atoms with Gasteiger partial charge in [-0.05, 0) is 18.2 Å². The molecule has 2 rings (SSSR count). The minimum atomic E-state index is -0.341. The highest BCUT2D eigenvalue weighted by Crippen LogP contribution is 2.34.